The van der Waals surface area contributed by atoms with E-state index < -0.39 is 23.2 Å². The molecule has 1 aliphatic heterocycles. The molecule has 11 heteroatoms. The second kappa shape index (κ2) is 7.08. The van der Waals surface area contributed by atoms with Crippen molar-refractivity contribution in [3.63, 3.8) is 0 Å². The lowest BCUT2D eigenvalue weighted by Crippen LogP contribution is -2.43. The normalized spacial score (nSPS) is 20.7. The van der Waals surface area contributed by atoms with Crippen LogP contribution in [0.4, 0.5) is 18.9 Å². The van der Waals surface area contributed by atoms with Crippen LogP contribution in [0.5, 0.6) is 5.75 Å². The number of hydrogen-bond donors (Lipinski definition) is 1. The number of hydrogen-bond acceptors (Lipinski definition) is 5. The molecule has 0 radical (unpaired) electrons. The molecule has 1 amide bonds. The monoisotopic (exact) mass is 421 g/mol. The summed E-state index contributed by atoms with van der Waals surface area (Å²) in [4.78, 5) is 11.8. The fraction of sp³-hybridized carbons (Fsp3) is 0.188. The lowest BCUT2D eigenvalue weighted by molar-refractivity contribution is -0.274. The number of alkyl halides is 4. The van der Waals surface area contributed by atoms with Crippen molar-refractivity contribution in [2.24, 2.45) is 5.73 Å². The van der Waals surface area contributed by atoms with E-state index in [0.717, 1.165) is 16.7 Å². The SMILES string of the molecule is NC(=O)c1ccccc1C1(Cl)OCN(Cl)N1c1cccc(OC(F)(F)F)c1. The molecule has 1 heterocycles. The molecule has 3 rings (SSSR count). The second-order valence-corrected chi connectivity index (χ2v) is 6.34. The molecule has 2 N–H and O–H groups in total. The maximum Gasteiger partial charge on any atom is 0.573 e. The van der Waals surface area contributed by atoms with E-state index in [-0.39, 0.29) is 23.5 Å². The number of nitrogens with zero attached hydrogens (tertiary/aromatic N) is 2. The number of halogens is 5. The third-order valence-corrected chi connectivity index (χ3v) is 4.39. The standard InChI is InChI=1S/C16H12Cl2F3N3O3/c17-15(13-7-2-1-6-12(13)14(22)25)24(23(18)9-26-15)10-4-3-5-11(8-10)27-16(19,20)21/h1-8H,9H2,(H2,22,25). The van der Waals surface area contributed by atoms with Crippen molar-refractivity contribution in [1.82, 2.24) is 4.53 Å². The molecule has 6 nitrogen and oxygen atoms in total. The first-order chi connectivity index (χ1) is 12.6. The molecule has 1 unspecified atom stereocenters. The maximum absolute atomic E-state index is 12.5. The molecule has 1 aliphatic rings. The van der Waals surface area contributed by atoms with Gasteiger partial charge in [0.2, 0.25) is 5.91 Å². The van der Waals surface area contributed by atoms with Crippen LogP contribution in [-0.4, -0.2) is 23.5 Å². The fourth-order valence-electron chi connectivity index (χ4n) is 2.66. The summed E-state index contributed by atoms with van der Waals surface area (Å²) in [6.45, 7) is -0.206. The zero-order valence-electron chi connectivity index (χ0n) is 13.4. The number of primary amides is 1. The van der Waals surface area contributed by atoms with Gasteiger partial charge in [-0.25, -0.2) is 5.01 Å². The molecule has 0 spiro atoms. The van der Waals surface area contributed by atoms with Crippen LogP contribution in [0.3, 0.4) is 0 Å². The van der Waals surface area contributed by atoms with Crippen molar-refractivity contribution >= 4 is 35.0 Å². The molecule has 144 valence electrons. The van der Waals surface area contributed by atoms with Gasteiger partial charge in [-0.3, -0.25) is 4.79 Å². The van der Waals surface area contributed by atoms with Gasteiger partial charge in [-0.15, -0.1) is 17.7 Å². The van der Waals surface area contributed by atoms with E-state index in [0.29, 0.717) is 0 Å². The number of ether oxygens (including phenoxy) is 2. The van der Waals surface area contributed by atoms with Crippen molar-refractivity contribution in [3.05, 3.63) is 59.7 Å². The average molecular weight is 422 g/mol. The van der Waals surface area contributed by atoms with E-state index in [1.165, 1.54) is 29.3 Å². The van der Waals surface area contributed by atoms with E-state index in [2.05, 4.69) is 4.74 Å². The number of rotatable bonds is 4. The van der Waals surface area contributed by atoms with E-state index in [1.54, 1.807) is 12.1 Å². The Morgan fingerprint density at radius 2 is 1.93 bits per heavy atom. The molecule has 2 aromatic carbocycles. The van der Waals surface area contributed by atoms with Crippen molar-refractivity contribution in [2.75, 3.05) is 11.7 Å². The lowest BCUT2D eigenvalue weighted by atomic mass is 10.0. The summed E-state index contributed by atoms with van der Waals surface area (Å²) >= 11 is 12.8. The fourth-order valence-corrected chi connectivity index (χ4v) is 3.34. The summed E-state index contributed by atoms with van der Waals surface area (Å²) in [5, 5.41) is -0.634. The van der Waals surface area contributed by atoms with E-state index >= 15 is 0 Å². The van der Waals surface area contributed by atoms with Gasteiger partial charge in [0, 0.05) is 29.0 Å². The van der Waals surface area contributed by atoms with E-state index in [4.69, 9.17) is 33.8 Å². The third kappa shape index (κ3) is 3.91. The number of carbonyl (C=O) groups is 1. The molecular weight excluding hydrogens is 410 g/mol. The number of amides is 1. The third-order valence-electron chi connectivity index (χ3n) is 3.67. The summed E-state index contributed by atoms with van der Waals surface area (Å²) in [6.07, 6.45) is -4.86. The van der Waals surface area contributed by atoms with Gasteiger partial charge in [0.25, 0.3) is 5.18 Å². The van der Waals surface area contributed by atoms with Gasteiger partial charge in [0.05, 0.1) is 5.69 Å². The van der Waals surface area contributed by atoms with Crippen molar-refractivity contribution in [3.8, 4) is 5.75 Å². The first-order valence-electron chi connectivity index (χ1n) is 7.43. The predicted octanol–water partition coefficient (Wildman–Crippen LogP) is 3.90. The summed E-state index contributed by atoms with van der Waals surface area (Å²) in [5.41, 5.74) is 5.79. The Balaban J connectivity index is 2.07. The number of benzene rings is 2. The molecule has 0 saturated carbocycles. The highest BCUT2D eigenvalue weighted by atomic mass is 35.5. The van der Waals surface area contributed by atoms with Crippen LogP contribution in [0, 0.1) is 0 Å². The Labute approximate surface area is 161 Å². The van der Waals surface area contributed by atoms with Gasteiger partial charge >= 0.3 is 6.36 Å². The Kier molecular flexibility index (Phi) is 5.13. The van der Waals surface area contributed by atoms with Crippen molar-refractivity contribution in [1.29, 1.82) is 0 Å². The maximum atomic E-state index is 12.5. The van der Waals surface area contributed by atoms with Gasteiger partial charge in [0.1, 0.15) is 12.5 Å². The molecule has 1 saturated heterocycles. The molecule has 0 aliphatic carbocycles. The number of anilines is 1. The zero-order valence-corrected chi connectivity index (χ0v) is 14.9. The minimum Gasteiger partial charge on any atom is -0.406 e. The minimum absolute atomic E-state index is 0.0761. The zero-order chi connectivity index (χ0) is 19.8. The number of carbonyl (C=O) groups excluding carboxylic acids is 1. The second-order valence-electron chi connectivity index (χ2n) is 5.44. The van der Waals surface area contributed by atoms with Crippen LogP contribution >= 0.6 is 23.4 Å². The van der Waals surface area contributed by atoms with Crippen molar-refractivity contribution in [2.45, 2.75) is 11.5 Å². The van der Waals surface area contributed by atoms with Crippen LogP contribution < -0.4 is 15.5 Å². The summed E-state index contributed by atoms with van der Waals surface area (Å²) < 4.78 is 48.0. The van der Waals surface area contributed by atoms with E-state index in [9.17, 15) is 18.0 Å². The molecule has 0 aromatic heterocycles. The molecular formula is C16H12Cl2F3N3O3. The highest BCUT2D eigenvalue weighted by Crippen LogP contribution is 2.46. The van der Waals surface area contributed by atoms with Gasteiger partial charge in [-0.1, -0.05) is 35.9 Å². The first-order valence-corrected chi connectivity index (χ1v) is 8.15. The predicted molar refractivity (Wildman–Crippen MR) is 91.7 cm³/mol. The van der Waals surface area contributed by atoms with Gasteiger partial charge in [0.15, 0.2) is 0 Å². The molecule has 2 aromatic rings. The van der Waals surface area contributed by atoms with Gasteiger partial charge < -0.3 is 15.2 Å². The molecule has 1 fully saturated rings. The Hall–Kier alpha value is -2.20. The number of nitrogens with two attached hydrogens (primary N) is 1. The van der Waals surface area contributed by atoms with Crippen LogP contribution in [0.25, 0.3) is 0 Å². The highest BCUT2D eigenvalue weighted by Gasteiger charge is 2.49. The highest BCUT2D eigenvalue weighted by molar-refractivity contribution is 6.26. The minimum atomic E-state index is -4.86. The molecule has 1 atom stereocenters. The Morgan fingerprint density at radius 3 is 2.59 bits per heavy atom. The van der Waals surface area contributed by atoms with Gasteiger partial charge in [-0.2, -0.15) is 0 Å². The molecule has 0 bridgehead atoms. The Morgan fingerprint density at radius 1 is 1.22 bits per heavy atom. The van der Waals surface area contributed by atoms with Crippen LogP contribution in [0.2, 0.25) is 0 Å². The quantitative estimate of drug-likeness (QED) is 0.460. The average Bonchev–Trinajstić information content (AvgIpc) is 2.89. The van der Waals surface area contributed by atoms with Crippen molar-refractivity contribution < 1.29 is 27.4 Å². The lowest BCUT2D eigenvalue weighted by Gasteiger charge is -2.34. The largest absolute Gasteiger partial charge is 0.573 e. The first kappa shape index (κ1) is 19.6. The summed E-state index contributed by atoms with van der Waals surface area (Å²) in [7, 11) is 0. The van der Waals surface area contributed by atoms with Crippen LogP contribution in [0.15, 0.2) is 48.5 Å². The molecule has 27 heavy (non-hydrogen) atoms. The Bertz CT molecular complexity index is 868. The summed E-state index contributed by atoms with van der Waals surface area (Å²) in [6, 6.07) is 11.1. The van der Waals surface area contributed by atoms with Crippen LogP contribution in [0.1, 0.15) is 15.9 Å². The van der Waals surface area contributed by atoms with Crippen LogP contribution in [-0.2, 0) is 9.92 Å². The van der Waals surface area contributed by atoms with E-state index in [1.807, 2.05) is 0 Å². The topological polar surface area (TPSA) is 68.0 Å². The van der Waals surface area contributed by atoms with Gasteiger partial charge in [-0.05, 0) is 18.2 Å². The number of hydrazine groups is 1. The summed E-state index contributed by atoms with van der Waals surface area (Å²) in [5.74, 6) is -1.23. The smallest absolute Gasteiger partial charge is 0.406 e.